The number of aromatic amines is 1. The maximum absolute atomic E-state index is 13.5. The van der Waals surface area contributed by atoms with Crippen LogP contribution in [0.4, 0.5) is 22.9 Å². The summed E-state index contributed by atoms with van der Waals surface area (Å²) < 4.78 is 5.88. The Morgan fingerprint density at radius 3 is 2.54 bits per heavy atom. The number of nitrogens with one attached hydrogen (secondary N) is 3. The van der Waals surface area contributed by atoms with Crippen molar-refractivity contribution in [3.8, 4) is 0 Å². The highest BCUT2D eigenvalue weighted by atomic mass is 35.5. The number of nitrogens with zero attached hydrogens (tertiary/aromatic N) is 2. The van der Waals surface area contributed by atoms with Gasteiger partial charge >= 0.3 is 0 Å². The second-order valence-electron chi connectivity index (χ2n) is 11.6. The van der Waals surface area contributed by atoms with E-state index in [4.69, 9.17) is 16.0 Å². The zero-order valence-electron chi connectivity index (χ0n) is 22.3. The molecule has 2 aromatic heterocycles. The number of rotatable bonds is 8. The maximum atomic E-state index is 13.5. The molecule has 0 spiro atoms. The van der Waals surface area contributed by atoms with E-state index in [0.717, 1.165) is 30.1 Å². The number of aryl methyl sites for hydroxylation is 1. The van der Waals surface area contributed by atoms with Gasteiger partial charge in [0.05, 0.1) is 17.8 Å². The fraction of sp³-hybridized carbons (Fsp3) is 0.379. The van der Waals surface area contributed by atoms with Crippen molar-refractivity contribution in [3.63, 3.8) is 0 Å². The summed E-state index contributed by atoms with van der Waals surface area (Å²) in [5.41, 5.74) is 1.41. The van der Waals surface area contributed by atoms with Crippen LogP contribution in [-0.2, 0) is 6.54 Å². The monoisotopic (exact) mass is 547 g/mol. The highest BCUT2D eigenvalue weighted by molar-refractivity contribution is 6.33. The zero-order valence-corrected chi connectivity index (χ0v) is 23.0. The van der Waals surface area contributed by atoms with Crippen molar-refractivity contribution in [1.29, 1.82) is 0 Å². The van der Waals surface area contributed by atoms with Crippen molar-refractivity contribution in [2.24, 2.45) is 5.41 Å². The lowest BCUT2D eigenvalue weighted by Crippen LogP contribution is -2.38. The lowest BCUT2D eigenvalue weighted by atomic mass is 9.79. The Morgan fingerprint density at radius 2 is 1.87 bits per heavy atom. The van der Waals surface area contributed by atoms with E-state index < -0.39 is 10.9 Å². The Bertz CT molecular complexity index is 1670. The molecule has 1 aliphatic heterocycles. The first-order chi connectivity index (χ1) is 18.5. The van der Waals surface area contributed by atoms with Crippen molar-refractivity contribution in [2.75, 3.05) is 22.1 Å². The van der Waals surface area contributed by atoms with Crippen LogP contribution in [0, 0.1) is 12.3 Å². The Hall–Kier alpha value is -3.85. The van der Waals surface area contributed by atoms with Crippen LogP contribution >= 0.6 is 11.6 Å². The topological polar surface area (TPSA) is 120 Å². The number of H-pyrrole nitrogens is 1. The van der Waals surface area contributed by atoms with E-state index in [-0.39, 0.29) is 35.2 Å². The number of hydrogen-bond donors (Lipinski definition) is 3. The van der Waals surface area contributed by atoms with Gasteiger partial charge in [-0.1, -0.05) is 32.4 Å². The number of halogens is 1. The first-order valence-electron chi connectivity index (χ1n) is 13.1. The van der Waals surface area contributed by atoms with Crippen LogP contribution in [0.5, 0.6) is 0 Å². The molecule has 9 nitrogen and oxygen atoms in total. The summed E-state index contributed by atoms with van der Waals surface area (Å²) in [5, 5.41) is 14.1. The van der Waals surface area contributed by atoms with Crippen molar-refractivity contribution in [3.05, 3.63) is 84.1 Å². The molecule has 1 amide bonds. The summed E-state index contributed by atoms with van der Waals surface area (Å²) >= 11 is 6.49. The van der Waals surface area contributed by atoms with Crippen LogP contribution in [0.15, 0.2) is 44.3 Å². The molecular weight excluding hydrogens is 518 g/mol. The van der Waals surface area contributed by atoms with Crippen molar-refractivity contribution in [2.45, 2.75) is 58.9 Å². The third-order valence-corrected chi connectivity index (χ3v) is 8.07. The van der Waals surface area contributed by atoms with Gasteiger partial charge < -0.3 is 15.1 Å². The largest absolute Gasteiger partial charge is 0.466 e. The van der Waals surface area contributed by atoms with Crippen LogP contribution in [-0.4, -0.2) is 22.6 Å². The summed E-state index contributed by atoms with van der Waals surface area (Å²) in [7, 11) is 0. The zero-order chi connectivity index (χ0) is 27.6. The Morgan fingerprint density at radius 1 is 1.13 bits per heavy atom. The van der Waals surface area contributed by atoms with E-state index >= 15 is 0 Å². The molecule has 6 rings (SSSR count). The number of aromatic nitrogens is 2. The summed E-state index contributed by atoms with van der Waals surface area (Å²) in [4.78, 5) is 40.3. The van der Waals surface area contributed by atoms with Gasteiger partial charge in [0, 0.05) is 40.7 Å². The quantitative estimate of drug-likeness (QED) is 0.246. The molecule has 0 radical (unpaired) electrons. The van der Waals surface area contributed by atoms with Crippen LogP contribution in [0.25, 0.3) is 0 Å². The molecule has 1 saturated carbocycles. The molecule has 1 atom stereocenters. The molecule has 1 fully saturated rings. The smallest absolute Gasteiger partial charge is 0.262 e. The van der Waals surface area contributed by atoms with Crippen LogP contribution in [0.2, 0.25) is 5.02 Å². The van der Waals surface area contributed by atoms with Crippen molar-refractivity contribution < 1.29 is 9.21 Å². The maximum Gasteiger partial charge on any atom is 0.262 e. The van der Waals surface area contributed by atoms with E-state index in [9.17, 15) is 14.4 Å². The van der Waals surface area contributed by atoms with E-state index in [1.54, 1.807) is 17.0 Å². The first kappa shape index (κ1) is 25.4. The second-order valence-corrected chi connectivity index (χ2v) is 12.0. The molecule has 2 aromatic carbocycles. The summed E-state index contributed by atoms with van der Waals surface area (Å²) in [6.07, 6.45) is 2.23. The molecule has 4 aromatic rings. The van der Waals surface area contributed by atoms with Gasteiger partial charge in [0.25, 0.3) is 16.8 Å². The Balaban J connectivity index is 1.26. The lowest BCUT2D eigenvalue weighted by Gasteiger charge is -2.30. The highest BCUT2D eigenvalue weighted by Gasteiger charge is 2.36. The molecule has 2 aliphatic rings. The van der Waals surface area contributed by atoms with Gasteiger partial charge in [-0.3, -0.25) is 24.4 Å². The van der Waals surface area contributed by atoms with Crippen LogP contribution in [0.1, 0.15) is 78.6 Å². The summed E-state index contributed by atoms with van der Waals surface area (Å²) in [6, 6.07) is 9.11. The van der Waals surface area contributed by atoms with Crippen molar-refractivity contribution in [1.82, 2.24) is 10.2 Å². The summed E-state index contributed by atoms with van der Waals surface area (Å²) in [5.74, 6) is 2.32. The molecule has 3 heterocycles. The number of amides is 1. The minimum Gasteiger partial charge on any atom is -0.466 e. The van der Waals surface area contributed by atoms with Gasteiger partial charge in [0.1, 0.15) is 22.9 Å². The van der Waals surface area contributed by atoms with Gasteiger partial charge in [-0.05, 0) is 49.4 Å². The van der Waals surface area contributed by atoms with Crippen LogP contribution < -0.4 is 26.4 Å². The molecule has 0 saturated heterocycles. The molecular formula is C29H30ClN5O4. The number of hydrogen-bond acceptors (Lipinski definition) is 7. The predicted octanol–water partition coefficient (Wildman–Crippen LogP) is 5.58. The van der Waals surface area contributed by atoms with Gasteiger partial charge in [-0.2, -0.15) is 5.10 Å². The molecule has 0 bridgehead atoms. The van der Waals surface area contributed by atoms with E-state index in [2.05, 4.69) is 41.6 Å². The molecule has 1 unspecified atom stereocenters. The molecule has 39 heavy (non-hydrogen) atoms. The third-order valence-electron chi connectivity index (χ3n) is 7.71. The molecule has 3 N–H and O–H groups in total. The normalized spacial score (nSPS) is 16.1. The molecule has 202 valence electrons. The van der Waals surface area contributed by atoms with Crippen LogP contribution in [0.3, 0.4) is 0 Å². The molecule has 1 aliphatic carbocycles. The standard InChI is InChI=1S/C29H30ClN5O4/c1-14-5-10-21(39-14)17(29(2,3)4)12-31-24-25(27(37)26(24)36)32-19-9-8-18(30)16-13-35(28(38)23(16)19)22-11-20(33-34-22)15-6-7-15/h5,8-11,15,17,31-32H,6-7,12-13H2,1-4H3,(H,33,34). The van der Waals surface area contributed by atoms with E-state index in [0.29, 0.717) is 40.1 Å². The average Bonchev–Trinajstić information content (AvgIpc) is 3.29. The van der Waals surface area contributed by atoms with E-state index in [1.807, 2.05) is 25.1 Å². The fourth-order valence-electron chi connectivity index (χ4n) is 5.24. The average molecular weight is 548 g/mol. The minimum absolute atomic E-state index is 0.0484. The van der Waals surface area contributed by atoms with Gasteiger partial charge in [-0.25, -0.2) is 0 Å². The third kappa shape index (κ3) is 4.44. The number of benzene rings is 1. The summed E-state index contributed by atoms with van der Waals surface area (Å²) in [6.45, 7) is 8.84. The number of furan rings is 1. The Labute approximate surface area is 230 Å². The highest BCUT2D eigenvalue weighted by Crippen LogP contribution is 2.42. The predicted molar refractivity (Wildman–Crippen MR) is 151 cm³/mol. The van der Waals surface area contributed by atoms with Gasteiger partial charge in [0.15, 0.2) is 5.82 Å². The van der Waals surface area contributed by atoms with Gasteiger partial charge in [-0.15, -0.1) is 0 Å². The Kier molecular flexibility index (Phi) is 5.95. The lowest BCUT2D eigenvalue weighted by molar-refractivity contribution is 0.0996. The number of carbonyl (C=O) groups excluding carboxylic acids is 1. The number of carbonyl (C=O) groups is 1. The minimum atomic E-state index is -0.633. The van der Waals surface area contributed by atoms with E-state index in [1.165, 1.54) is 0 Å². The van der Waals surface area contributed by atoms with Crippen molar-refractivity contribution >= 4 is 40.4 Å². The number of fused-ring (bicyclic) bond motifs is 1. The molecule has 10 heteroatoms. The second kappa shape index (κ2) is 9.12. The number of anilines is 4. The SMILES string of the molecule is Cc1ccc(C(CNc2c(Nc3ccc(Cl)c4c3C(=O)N(c3cc(C5CC5)[nH]n3)C4)c(=O)c2=O)C(C)(C)C)o1. The van der Waals surface area contributed by atoms with Gasteiger partial charge in [0.2, 0.25) is 0 Å². The fourth-order valence-corrected chi connectivity index (χ4v) is 5.45. The first-order valence-corrected chi connectivity index (χ1v) is 13.5.